The van der Waals surface area contributed by atoms with Gasteiger partial charge < -0.3 is 24.9 Å². The summed E-state index contributed by atoms with van der Waals surface area (Å²) in [5, 5.41) is 13.4. The van der Waals surface area contributed by atoms with Crippen molar-refractivity contribution in [1.29, 1.82) is 0 Å². The van der Waals surface area contributed by atoms with E-state index in [4.69, 9.17) is 9.47 Å². The topological polar surface area (TPSA) is 106 Å². The van der Waals surface area contributed by atoms with E-state index in [0.29, 0.717) is 31.9 Å². The maximum Gasteiger partial charge on any atom is 0.233 e. The first-order valence-electron chi connectivity index (χ1n) is 13.5. The Morgan fingerprint density at radius 3 is 2.49 bits per heavy atom. The van der Waals surface area contributed by atoms with Gasteiger partial charge in [-0.1, -0.05) is 56.7 Å². The van der Waals surface area contributed by atoms with Crippen LogP contribution in [0.1, 0.15) is 61.5 Å². The standard InChI is InChI=1S/C30H38N4O5/c1-5-7-16-39-30(25-11-9-8-10-21(25)3)19-33(20-30)29(36)24(17-22-12-14-23(38-4)15-13-22)28-32-26(18-34(28)37)31-27(35)6-2/h8-15,18,24,37H,5-7,16-17,19-20H2,1-4H3,(H,31,35)/t24-/m1/s1. The lowest BCUT2D eigenvalue weighted by Gasteiger charge is -2.51. The monoisotopic (exact) mass is 534 g/mol. The van der Waals surface area contributed by atoms with Crippen LogP contribution in [0.4, 0.5) is 5.82 Å². The third kappa shape index (κ3) is 6.25. The van der Waals surface area contributed by atoms with Crippen molar-refractivity contribution in [2.75, 3.05) is 32.1 Å². The van der Waals surface area contributed by atoms with E-state index < -0.39 is 11.5 Å². The van der Waals surface area contributed by atoms with Gasteiger partial charge in [0.2, 0.25) is 11.8 Å². The zero-order valence-corrected chi connectivity index (χ0v) is 23.1. The number of benzene rings is 2. The second-order valence-corrected chi connectivity index (χ2v) is 10.0. The fraction of sp³-hybridized carbons (Fsp3) is 0.433. The summed E-state index contributed by atoms with van der Waals surface area (Å²) in [5.74, 6) is -0.0859. The predicted molar refractivity (Wildman–Crippen MR) is 148 cm³/mol. The molecule has 0 bridgehead atoms. The highest BCUT2D eigenvalue weighted by Gasteiger charge is 2.50. The number of anilines is 1. The van der Waals surface area contributed by atoms with E-state index in [1.165, 1.54) is 6.20 Å². The molecule has 0 radical (unpaired) electrons. The normalized spacial score (nSPS) is 14.9. The molecule has 1 fully saturated rings. The van der Waals surface area contributed by atoms with Gasteiger partial charge in [-0.15, -0.1) is 0 Å². The van der Waals surface area contributed by atoms with Crippen LogP contribution < -0.4 is 10.1 Å². The Kier molecular flexibility index (Phi) is 8.91. The van der Waals surface area contributed by atoms with Crippen molar-refractivity contribution in [3.05, 3.63) is 77.2 Å². The average molecular weight is 535 g/mol. The van der Waals surface area contributed by atoms with Gasteiger partial charge in [0.15, 0.2) is 11.6 Å². The fourth-order valence-corrected chi connectivity index (χ4v) is 4.98. The minimum absolute atomic E-state index is 0.164. The van der Waals surface area contributed by atoms with Crippen LogP contribution in [0.2, 0.25) is 0 Å². The lowest BCUT2D eigenvalue weighted by molar-refractivity contribution is -0.175. The zero-order chi connectivity index (χ0) is 28.0. The van der Waals surface area contributed by atoms with Gasteiger partial charge in [-0.3, -0.25) is 9.59 Å². The molecule has 0 saturated carbocycles. The summed E-state index contributed by atoms with van der Waals surface area (Å²) >= 11 is 0. The Morgan fingerprint density at radius 1 is 1.13 bits per heavy atom. The Labute approximate surface area is 229 Å². The summed E-state index contributed by atoms with van der Waals surface area (Å²) in [6.07, 6.45) is 3.86. The van der Waals surface area contributed by atoms with Crippen molar-refractivity contribution in [2.24, 2.45) is 0 Å². The number of aryl methyl sites for hydroxylation is 1. The van der Waals surface area contributed by atoms with E-state index in [0.717, 1.165) is 34.3 Å². The first-order chi connectivity index (χ1) is 18.8. The van der Waals surface area contributed by atoms with Crippen molar-refractivity contribution in [2.45, 2.75) is 58.0 Å². The SMILES string of the molecule is CCCCOC1(c2ccccc2C)CN(C(=O)[C@H](Cc2ccc(OC)cc2)c2nc(NC(=O)CC)cn2O)C1. The number of ether oxygens (including phenoxy) is 2. The van der Waals surface area contributed by atoms with Crippen LogP contribution in [0, 0.1) is 6.92 Å². The number of unbranched alkanes of at least 4 members (excludes halogenated alkanes) is 1. The highest BCUT2D eigenvalue weighted by Crippen LogP contribution is 2.40. The molecule has 1 aliphatic heterocycles. The minimum Gasteiger partial charge on any atom is -0.497 e. The smallest absolute Gasteiger partial charge is 0.233 e. The van der Waals surface area contributed by atoms with Gasteiger partial charge in [0.25, 0.3) is 0 Å². The quantitative estimate of drug-likeness (QED) is 0.259. The molecule has 2 heterocycles. The third-order valence-electron chi connectivity index (χ3n) is 7.23. The molecule has 9 nitrogen and oxygen atoms in total. The number of hydrogen-bond donors (Lipinski definition) is 2. The molecule has 4 rings (SSSR count). The molecule has 1 aliphatic rings. The van der Waals surface area contributed by atoms with Crippen LogP contribution in [0.15, 0.2) is 54.7 Å². The number of amides is 2. The molecule has 1 atom stereocenters. The number of rotatable bonds is 12. The van der Waals surface area contributed by atoms with Gasteiger partial charge in [-0.2, -0.15) is 4.73 Å². The van der Waals surface area contributed by atoms with Gasteiger partial charge >= 0.3 is 0 Å². The number of nitrogens with one attached hydrogen (secondary N) is 1. The number of aromatic nitrogens is 2. The zero-order valence-electron chi connectivity index (χ0n) is 23.1. The lowest BCUT2D eigenvalue weighted by Crippen LogP contribution is -2.63. The Bertz CT molecular complexity index is 1280. The van der Waals surface area contributed by atoms with Crippen LogP contribution in [0.5, 0.6) is 5.75 Å². The first-order valence-corrected chi connectivity index (χ1v) is 13.5. The highest BCUT2D eigenvalue weighted by molar-refractivity contribution is 5.89. The van der Waals surface area contributed by atoms with Crippen molar-refractivity contribution < 1.29 is 24.3 Å². The molecular formula is C30H38N4O5. The van der Waals surface area contributed by atoms with Crippen LogP contribution in [-0.4, -0.2) is 58.4 Å². The second-order valence-electron chi connectivity index (χ2n) is 10.0. The molecule has 2 aromatic carbocycles. The van der Waals surface area contributed by atoms with E-state index in [2.05, 4.69) is 36.3 Å². The number of imidazole rings is 1. The van der Waals surface area contributed by atoms with E-state index in [-0.39, 0.29) is 29.9 Å². The summed E-state index contributed by atoms with van der Waals surface area (Å²) < 4.78 is 12.5. The average Bonchev–Trinajstić information content (AvgIpc) is 3.28. The fourth-order valence-electron chi connectivity index (χ4n) is 4.98. The van der Waals surface area contributed by atoms with Crippen LogP contribution in [0.3, 0.4) is 0 Å². The molecule has 9 heteroatoms. The van der Waals surface area contributed by atoms with Crippen LogP contribution >= 0.6 is 0 Å². The van der Waals surface area contributed by atoms with Crippen molar-refractivity contribution >= 4 is 17.6 Å². The van der Waals surface area contributed by atoms with E-state index in [9.17, 15) is 14.8 Å². The summed E-state index contributed by atoms with van der Waals surface area (Å²) in [6, 6.07) is 15.6. The molecule has 39 heavy (non-hydrogen) atoms. The van der Waals surface area contributed by atoms with E-state index in [1.807, 2.05) is 36.4 Å². The van der Waals surface area contributed by atoms with Gasteiger partial charge in [0.05, 0.1) is 26.4 Å². The maximum absolute atomic E-state index is 14.0. The molecule has 3 aromatic rings. The largest absolute Gasteiger partial charge is 0.497 e. The molecule has 0 spiro atoms. The second kappa shape index (κ2) is 12.3. The maximum atomic E-state index is 14.0. The van der Waals surface area contributed by atoms with Gasteiger partial charge in [0.1, 0.15) is 17.3 Å². The third-order valence-corrected chi connectivity index (χ3v) is 7.23. The lowest BCUT2D eigenvalue weighted by atomic mass is 9.82. The number of methoxy groups -OCH3 is 1. The number of carbonyl (C=O) groups is 2. The first kappa shape index (κ1) is 28.2. The molecule has 1 saturated heterocycles. The minimum atomic E-state index is -0.777. The van der Waals surface area contributed by atoms with E-state index >= 15 is 0 Å². The molecule has 0 aliphatic carbocycles. The van der Waals surface area contributed by atoms with Crippen molar-refractivity contribution in [3.63, 3.8) is 0 Å². The molecule has 2 amide bonds. The molecule has 2 N–H and O–H groups in total. The molecule has 0 unspecified atom stereocenters. The molecule has 208 valence electrons. The Balaban J connectivity index is 1.62. The molecular weight excluding hydrogens is 496 g/mol. The molecule has 1 aromatic heterocycles. The predicted octanol–water partition coefficient (Wildman–Crippen LogP) is 4.67. The number of carbonyl (C=O) groups excluding carboxylic acids is 2. The van der Waals surface area contributed by atoms with Crippen molar-refractivity contribution in [1.82, 2.24) is 14.6 Å². The summed E-state index contributed by atoms with van der Waals surface area (Å²) in [4.78, 5) is 32.1. The number of nitrogens with zero attached hydrogens (tertiary/aromatic N) is 3. The van der Waals surface area contributed by atoms with Crippen LogP contribution in [-0.2, 0) is 26.3 Å². The number of hydrogen-bond acceptors (Lipinski definition) is 6. The van der Waals surface area contributed by atoms with Gasteiger partial charge in [-0.05, 0) is 48.6 Å². The van der Waals surface area contributed by atoms with E-state index in [1.54, 1.807) is 18.9 Å². The summed E-state index contributed by atoms with van der Waals surface area (Å²) in [7, 11) is 1.60. The summed E-state index contributed by atoms with van der Waals surface area (Å²) in [6.45, 7) is 7.35. The van der Waals surface area contributed by atoms with Crippen LogP contribution in [0.25, 0.3) is 0 Å². The Morgan fingerprint density at radius 2 is 1.85 bits per heavy atom. The van der Waals surface area contributed by atoms with Crippen molar-refractivity contribution in [3.8, 4) is 5.75 Å². The van der Waals surface area contributed by atoms with Gasteiger partial charge in [0, 0.05) is 13.0 Å². The summed E-state index contributed by atoms with van der Waals surface area (Å²) in [5.41, 5.74) is 2.53. The highest BCUT2D eigenvalue weighted by atomic mass is 16.5. The Hall–Kier alpha value is -3.85. The van der Waals surface area contributed by atoms with Gasteiger partial charge in [-0.25, -0.2) is 4.98 Å². The number of likely N-dealkylation sites (tertiary alicyclic amines) is 1.